The van der Waals surface area contributed by atoms with Crippen LogP contribution in [0.4, 0.5) is 9.93 Å². The summed E-state index contributed by atoms with van der Waals surface area (Å²) in [5.41, 5.74) is 2.53. The van der Waals surface area contributed by atoms with Crippen LogP contribution in [0, 0.1) is 0 Å². The van der Waals surface area contributed by atoms with Crippen molar-refractivity contribution in [3.8, 4) is 0 Å². The third kappa shape index (κ3) is 4.04. The van der Waals surface area contributed by atoms with Gasteiger partial charge in [-0.25, -0.2) is 9.78 Å². The highest BCUT2D eigenvalue weighted by Gasteiger charge is 2.26. The van der Waals surface area contributed by atoms with E-state index in [9.17, 15) is 9.59 Å². The van der Waals surface area contributed by atoms with Crippen LogP contribution in [0.1, 0.15) is 41.3 Å². The Morgan fingerprint density at radius 1 is 1.36 bits per heavy atom. The van der Waals surface area contributed by atoms with Crippen molar-refractivity contribution >= 4 is 28.5 Å². The first kappa shape index (κ1) is 18.9. The third-order valence-electron chi connectivity index (χ3n) is 5.52. The van der Waals surface area contributed by atoms with Gasteiger partial charge in [0.25, 0.3) is 0 Å². The fraction of sp³-hybridized carbons (Fsp3) is 0.476. The normalized spacial score (nSPS) is 18.7. The van der Waals surface area contributed by atoms with E-state index in [0.717, 1.165) is 30.1 Å². The molecule has 1 saturated heterocycles. The summed E-state index contributed by atoms with van der Waals surface area (Å²) >= 11 is 1.64. The van der Waals surface area contributed by atoms with Crippen molar-refractivity contribution in [2.24, 2.45) is 0 Å². The fourth-order valence-electron chi connectivity index (χ4n) is 3.84. The predicted molar refractivity (Wildman–Crippen MR) is 109 cm³/mol. The lowest BCUT2D eigenvalue weighted by atomic mass is 9.85. The molecule has 1 fully saturated rings. The number of fused-ring (bicyclic) bond motifs is 1. The van der Waals surface area contributed by atoms with Crippen molar-refractivity contribution < 1.29 is 14.3 Å². The van der Waals surface area contributed by atoms with E-state index in [0.29, 0.717) is 38.5 Å². The number of thiazole rings is 1. The van der Waals surface area contributed by atoms with Gasteiger partial charge in [0.2, 0.25) is 5.91 Å². The first-order valence-corrected chi connectivity index (χ1v) is 10.7. The molecule has 0 spiro atoms. The van der Waals surface area contributed by atoms with Gasteiger partial charge in [-0.15, -0.1) is 11.3 Å². The van der Waals surface area contributed by atoms with Gasteiger partial charge in [-0.1, -0.05) is 30.3 Å². The highest BCUT2D eigenvalue weighted by Crippen LogP contribution is 2.37. The molecular weight excluding hydrogens is 374 g/mol. The standard InChI is InChI=1S/C21H25N3O3S/c1-23(19(25)8-5-11-24-12-13-27-21(24)26)20-22-17-10-9-16(14-18(17)28-20)15-6-3-2-4-7-15/h2-4,6-7,16H,5,8-14H2,1H3/t16-/m0/s1. The number of carbonyl (C=O) groups is 2. The number of hydrogen-bond donors (Lipinski definition) is 0. The molecule has 6 nitrogen and oxygen atoms in total. The van der Waals surface area contributed by atoms with E-state index in [1.54, 1.807) is 28.2 Å². The van der Waals surface area contributed by atoms with Gasteiger partial charge in [0.05, 0.1) is 12.2 Å². The number of hydrogen-bond acceptors (Lipinski definition) is 5. The van der Waals surface area contributed by atoms with Crippen LogP contribution in [0.5, 0.6) is 0 Å². The number of rotatable bonds is 6. The number of aryl methyl sites for hydroxylation is 1. The molecule has 2 amide bonds. The summed E-state index contributed by atoms with van der Waals surface area (Å²) < 4.78 is 4.91. The van der Waals surface area contributed by atoms with Gasteiger partial charge in [0, 0.05) is 24.9 Å². The summed E-state index contributed by atoms with van der Waals surface area (Å²) in [6.45, 7) is 1.62. The van der Waals surface area contributed by atoms with Gasteiger partial charge < -0.3 is 9.64 Å². The van der Waals surface area contributed by atoms with E-state index < -0.39 is 0 Å². The first-order valence-electron chi connectivity index (χ1n) is 9.83. The van der Waals surface area contributed by atoms with E-state index in [1.807, 2.05) is 0 Å². The maximum atomic E-state index is 12.6. The maximum absolute atomic E-state index is 12.6. The Balaban J connectivity index is 1.34. The van der Waals surface area contributed by atoms with Crippen molar-refractivity contribution in [1.82, 2.24) is 9.88 Å². The van der Waals surface area contributed by atoms with Crippen LogP contribution >= 0.6 is 11.3 Å². The Morgan fingerprint density at radius 3 is 2.93 bits per heavy atom. The van der Waals surface area contributed by atoms with Gasteiger partial charge in [-0.05, 0) is 37.2 Å². The lowest BCUT2D eigenvalue weighted by molar-refractivity contribution is -0.118. The van der Waals surface area contributed by atoms with Crippen molar-refractivity contribution in [2.75, 3.05) is 31.6 Å². The van der Waals surface area contributed by atoms with Crippen LogP contribution in [-0.4, -0.2) is 48.6 Å². The summed E-state index contributed by atoms with van der Waals surface area (Å²) in [6, 6.07) is 10.6. The van der Waals surface area contributed by atoms with Crippen molar-refractivity contribution in [1.29, 1.82) is 0 Å². The molecule has 1 aliphatic carbocycles. The Labute approximate surface area is 169 Å². The summed E-state index contributed by atoms with van der Waals surface area (Å²) in [6.07, 6.45) is 3.82. The minimum Gasteiger partial charge on any atom is -0.448 e. The highest BCUT2D eigenvalue weighted by molar-refractivity contribution is 7.15. The predicted octanol–water partition coefficient (Wildman–Crippen LogP) is 3.61. The minimum atomic E-state index is -0.277. The quantitative estimate of drug-likeness (QED) is 0.744. The van der Waals surface area contributed by atoms with Gasteiger partial charge in [0.15, 0.2) is 5.13 Å². The second-order valence-corrected chi connectivity index (χ2v) is 8.44. The van der Waals surface area contributed by atoms with Crippen molar-refractivity contribution in [3.05, 3.63) is 46.5 Å². The molecule has 0 N–H and O–H groups in total. The molecule has 28 heavy (non-hydrogen) atoms. The molecule has 0 saturated carbocycles. The molecule has 7 heteroatoms. The Hall–Kier alpha value is -2.41. The number of nitrogens with zero attached hydrogens (tertiary/aromatic N) is 3. The summed E-state index contributed by atoms with van der Waals surface area (Å²) in [7, 11) is 1.80. The van der Waals surface area contributed by atoms with E-state index in [-0.39, 0.29) is 12.0 Å². The Bertz CT molecular complexity index is 852. The molecule has 2 aliphatic rings. The number of ether oxygens (including phenoxy) is 1. The first-order chi connectivity index (χ1) is 13.6. The molecule has 0 radical (unpaired) electrons. The largest absolute Gasteiger partial charge is 0.448 e. The van der Waals surface area contributed by atoms with E-state index in [2.05, 4.69) is 30.3 Å². The Morgan fingerprint density at radius 2 is 2.18 bits per heavy atom. The second kappa shape index (κ2) is 8.31. The van der Waals surface area contributed by atoms with E-state index in [1.165, 1.54) is 10.4 Å². The van der Waals surface area contributed by atoms with Gasteiger partial charge in [-0.3, -0.25) is 9.69 Å². The molecule has 2 heterocycles. The molecule has 4 rings (SSSR count). The molecule has 0 bridgehead atoms. The molecule has 1 atom stereocenters. The molecule has 1 aromatic carbocycles. The van der Waals surface area contributed by atoms with Crippen LogP contribution in [0.15, 0.2) is 30.3 Å². The van der Waals surface area contributed by atoms with E-state index >= 15 is 0 Å². The van der Waals surface area contributed by atoms with Crippen LogP contribution in [0.25, 0.3) is 0 Å². The maximum Gasteiger partial charge on any atom is 0.409 e. The highest BCUT2D eigenvalue weighted by atomic mass is 32.1. The van der Waals surface area contributed by atoms with Crippen LogP contribution < -0.4 is 4.90 Å². The minimum absolute atomic E-state index is 0.0401. The number of benzene rings is 1. The molecular formula is C21H25N3O3S. The molecule has 148 valence electrons. The average Bonchev–Trinajstić information content (AvgIpc) is 3.33. The van der Waals surface area contributed by atoms with Crippen LogP contribution in [-0.2, 0) is 22.4 Å². The third-order valence-corrected chi connectivity index (χ3v) is 6.72. The van der Waals surface area contributed by atoms with Crippen LogP contribution in [0.3, 0.4) is 0 Å². The van der Waals surface area contributed by atoms with Gasteiger partial charge in [0.1, 0.15) is 6.61 Å². The van der Waals surface area contributed by atoms with Crippen molar-refractivity contribution in [2.45, 2.75) is 38.0 Å². The zero-order valence-corrected chi connectivity index (χ0v) is 16.9. The summed E-state index contributed by atoms with van der Waals surface area (Å²) in [5.74, 6) is 0.571. The molecule has 0 unspecified atom stereocenters. The number of aromatic nitrogens is 1. The van der Waals surface area contributed by atoms with Crippen molar-refractivity contribution in [3.63, 3.8) is 0 Å². The number of amides is 2. The lowest BCUT2D eigenvalue weighted by Crippen LogP contribution is -2.29. The van der Waals surface area contributed by atoms with Gasteiger partial charge in [-0.2, -0.15) is 0 Å². The lowest BCUT2D eigenvalue weighted by Gasteiger charge is -2.21. The summed E-state index contributed by atoms with van der Waals surface area (Å²) in [4.78, 5) is 33.4. The zero-order chi connectivity index (χ0) is 19.5. The van der Waals surface area contributed by atoms with Crippen LogP contribution in [0.2, 0.25) is 0 Å². The molecule has 1 aliphatic heterocycles. The molecule has 1 aromatic heterocycles. The monoisotopic (exact) mass is 399 g/mol. The smallest absolute Gasteiger partial charge is 0.409 e. The average molecular weight is 400 g/mol. The zero-order valence-electron chi connectivity index (χ0n) is 16.1. The fourth-order valence-corrected chi connectivity index (χ4v) is 5.00. The number of cyclic esters (lactones) is 1. The molecule has 2 aromatic rings. The van der Waals surface area contributed by atoms with Gasteiger partial charge >= 0.3 is 6.09 Å². The SMILES string of the molecule is CN(C(=O)CCCN1CCOC1=O)c1nc2c(s1)C[C@@H](c1ccccc1)CC2. The van der Waals surface area contributed by atoms with E-state index in [4.69, 9.17) is 9.72 Å². The second-order valence-electron chi connectivity index (χ2n) is 7.37. The topological polar surface area (TPSA) is 62.7 Å². The number of carbonyl (C=O) groups excluding carboxylic acids is 2. The Kier molecular flexibility index (Phi) is 5.62. The number of anilines is 1. The summed E-state index contributed by atoms with van der Waals surface area (Å²) in [5, 5.41) is 0.782.